The van der Waals surface area contributed by atoms with Crippen LogP contribution >= 0.6 is 35.4 Å². The van der Waals surface area contributed by atoms with E-state index in [9.17, 15) is 0 Å². The largest absolute Gasteiger partial charge is 0.496 e. The van der Waals surface area contributed by atoms with Gasteiger partial charge in [0.25, 0.3) is 0 Å². The van der Waals surface area contributed by atoms with Crippen molar-refractivity contribution in [1.82, 2.24) is 0 Å². The number of ether oxygens (including phenoxy) is 2. The minimum atomic E-state index is 0.276. The molecular weight excluding hydrogens is 329 g/mol. The Hall–Kier alpha value is -1.49. The van der Waals surface area contributed by atoms with Gasteiger partial charge in [-0.25, -0.2) is 0 Å². The van der Waals surface area contributed by atoms with E-state index in [0.717, 1.165) is 5.56 Å². The zero-order chi connectivity index (χ0) is 15.4. The molecule has 0 heterocycles. The van der Waals surface area contributed by atoms with Crippen molar-refractivity contribution in [2.45, 2.75) is 6.61 Å². The van der Waals surface area contributed by atoms with E-state index < -0.39 is 0 Å². The molecule has 21 heavy (non-hydrogen) atoms. The SMILES string of the molecule is COc1ccc(COc2ccc(Cl)cc2Cl)cc1C(N)=S. The fraction of sp³-hybridized carbons (Fsp3) is 0.133. The average molecular weight is 342 g/mol. The smallest absolute Gasteiger partial charge is 0.138 e. The molecule has 2 aromatic carbocycles. The summed E-state index contributed by atoms with van der Waals surface area (Å²) in [6.45, 7) is 0.334. The summed E-state index contributed by atoms with van der Waals surface area (Å²) in [5, 5.41) is 1.03. The van der Waals surface area contributed by atoms with Crippen LogP contribution in [0.15, 0.2) is 36.4 Å². The van der Waals surface area contributed by atoms with Gasteiger partial charge in [0.2, 0.25) is 0 Å². The fourth-order valence-corrected chi connectivity index (χ4v) is 2.41. The van der Waals surface area contributed by atoms with Gasteiger partial charge in [-0.1, -0.05) is 41.5 Å². The quantitative estimate of drug-likeness (QED) is 0.827. The van der Waals surface area contributed by atoms with Gasteiger partial charge < -0.3 is 15.2 Å². The van der Waals surface area contributed by atoms with Gasteiger partial charge in [-0.3, -0.25) is 0 Å². The molecular formula is C15H13Cl2NO2S. The lowest BCUT2D eigenvalue weighted by molar-refractivity contribution is 0.306. The summed E-state index contributed by atoms with van der Waals surface area (Å²) in [5.74, 6) is 1.20. The van der Waals surface area contributed by atoms with E-state index in [4.69, 9.17) is 50.6 Å². The van der Waals surface area contributed by atoms with E-state index in [1.807, 2.05) is 12.1 Å². The average Bonchev–Trinajstić information content (AvgIpc) is 2.46. The number of rotatable bonds is 5. The number of halogens is 2. The maximum atomic E-state index is 6.05. The molecule has 110 valence electrons. The Kier molecular flexibility index (Phi) is 5.28. The van der Waals surface area contributed by atoms with Gasteiger partial charge in [-0.15, -0.1) is 0 Å². The first-order valence-corrected chi connectivity index (χ1v) is 7.22. The summed E-state index contributed by atoms with van der Waals surface area (Å²) in [7, 11) is 1.57. The molecule has 6 heteroatoms. The number of hydrogen-bond donors (Lipinski definition) is 1. The Balaban J connectivity index is 2.16. The summed E-state index contributed by atoms with van der Waals surface area (Å²) in [4.78, 5) is 0.276. The molecule has 0 saturated heterocycles. The van der Waals surface area contributed by atoms with Crippen molar-refractivity contribution in [3.63, 3.8) is 0 Å². The highest BCUT2D eigenvalue weighted by Gasteiger charge is 2.08. The Morgan fingerprint density at radius 1 is 1.14 bits per heavy atom. The van der Waals surface area contributed by atoms with E-state index >= 15 is 0 Å². The third kappa shape index (κ3) is 4.00. The van der Waals surface area contributed by atoms with Gasteiger partial charge in [-0.2, -0.15) is 0 Å². The molecule has 0 fully saturated rings. The molecule has 0 bridgehead atoms. The van der Waals surface area contributed by atoms with Crippen LogP contribution in [0.3, 0.4) is 0 Å². The second-order valence-corrected chi connectivity index (χ2v) is 5.55. The third-order valence-electron chi connectivity index (χ3n) is 2.82. The Bertz CT molecular complexity index is 677. The molecule has 0 atom stereocenters. The van der Waals surface area contributed by atoms with Gasteiger partial charge in [-0.05, 0) is 35.9 Å². The lowest BCUT2D eigenvalue weighted by atomic mass is 10.1. The molecule has 0 aliphatic carbocycles. The van der Waals surface area contributed by atoms with Crippen molar-refractivity contribution in [2.24, 2.45) is 5.73 Å². The monoisotopic (exact) mass is 341 g/mol. The molecule has 0 aliphatic heterocycles. The van der Waals surface area contributed by atoms with Gasteiger partial charge in [0.1, 0.15) is 23.1 Å². The van der Waals surface area contributed by atoms with Crippen molar-refractivity contribution >= 4 is 40.4 Å². The van der Waals surface area contributed by atoms with E-state index in [0.29, 0.717) is 33.7 Å². The first-order chi connectivity index (χ1) is 10.0. The lowest BCUT2D eigenvalue weighted by Gasteiger charge is -2.11. The Morgan fingerprint density at radius 2 is 1.86 bits per heavy atom. The van der Waals surface area contributed by atoms with Crippen molar-refractivity contribution in [1.29, 1.82) is 0 Å². The maximum Gasteiger partial charge on any atom is 0.138 e. The van der Waals surface area contributed by atoms with Crippen LogP contribution in [0.1, 0.15) is 11.1 Å². The van der Waals surface area contributed by atoms with Crippen LogP contribution in [0.2, 0.25) is 10.0 Å². The van der Waals surface area contributed by atoms with Gasteiger partial charge in [0.05, 0.1) is 17.7 Å². The summed E-state index contributed by atoms with van der Waals surface area (Å²) < 4.78 is 10.9. The lowest BCUT2D eigenvalue weighted by Crippen LogP contribution is -2.12. The summed E-state index contributed by atoms with van der Waals surface area (Å²) in [5.41, 5.74) is 7.27. The molecule has 0 amide bonds. The molecule has 3 nitrogen and oxygen atoms in total. The first kappa shape index (κ1) is 15.9. The normalized spacial score (nSPS) is 10.2. The predicted molar refractivity (Wildman–Crippen MR) is 89.7 cm³/mol. The summed E-state index contributed by atoms with van der Waals surface area (Å²) in [6, 6.07) is 10.6. The third-order valence-corrected chi connectivity index (χ3v) is 3.57. The number of nitrogens with two attached hydrogens (primary N) is 1. The van der Waals surface area contributed by atoms with Crippen LogP contribution in [-0.4, -0.2) is 12.1 Å². The fourth-order valence-electron chi connectivity index (χ4n) is 1.79. The highest BCUT2D eigenvalue weighted by atomic mass is 35.5. The molecule has 0 unspecified atom stereocenters. The minimum Gasteiger partial charge on any atom is -0.496 e. The highest BCUT2D eigenvalue weighted by Crippen LogP contribution is 2.28. The first-order valence-electron chi connectivity index (χ1n) is 6.06. The zero-order valence-electron chi connectivity index (χ0n) is 11.2. The van der Waals surface area contributed by atoms with Crippen molar-refractivity contribution in [3.05, 3.63) is 57.6 Å². The molecule has 2 aromatic rings. The number of hydrogen-bond acceptors (Lipinski definition) is 3. The molecule has 2 N–H and O–H groups in total. The molecule has 2 rings (SSSR count). The number of methoxy groups -OCH3 is 1. The maximum absolute atomic E-state index is 6.05. The van der Waals surface area contributed by atoms with Crippen LogP contribution in [0.25, 0.3) is 0 Å². The molecule has 0 saturated carbocycles. The molecule has 0 aliphatic rings. The predicted octanol–water partition coefficient (Wildman–Crippen LogP) is 4.22. The van der Waals surface area contributed by atoms with Crippen molar-refractivity contribution < 1.29 is 9.47 Å². The van der Waals surface area contributed by atoms with Gasteiger partial charge in [0.15, 0.2) is 0 Å². The summed E-state index contributed by atoms with van der Waals surface area (Å²) in [6.07, 6.45) is 0. The Morgan fingerprint density at radius 3 is 2.48 bits per heavy atom. The van der Waals surface area contributed by atoms with Gasteiger partial charge >= 0.3 is 0 Å². The number of thiocarbonyl (C=S) groups is 1. The van der Waals surface area contributed by atoms with E-state index in [2.05, 4.69) is 0 Å². The zero-order valence-corrected chi connectivity index (χ0v) is 13.6. The molecule has 0 radical (unpaired) electrons. The van der Waals surface area contributed by atoms with Crippen LogP contribution in [0.4, 0.5) is 0 Å². The number of benzene rings is 2. The minimum absolute atomic E-state index is 0.276. The standard InChI is InChI=1S/C15H13Cl2NO2S/c1-19-13-4-2-9(6-11(13)15(18)21)8-20-14-5-3-10(16)7-12(14)17/h2-7H,8H2,1H3,(H2,18,21). The Labute approximate surface area is 138 Å². The second-order valence-electron chi connectivity index (χ2n) is 4.26. The topological polar surface area (TPSA) is 44.5 Å². The van der Waals surface area contributed by atoms with E-state index in [1.165, 1.54) is 0 Å². The van der Waals surface area contributed by atoms with Crippen LogP contribution in [0.5, 0.6) is 11.5 Å². The van der Waals surface area contributed by atoms with Crippen LogP contribution in [-0.2, 0) is 6.61 Å². The van der Waals surface area contributed by atoms with Gasteiger partial charge in [0, 0.05) is 5.02 Å². The van der Waals surface area contributed by atoms with Crippen LogP contribution < -0.4 is 15.2 Å². The van der Waals surface area contributed by atoms with Crippen LogP contribution in [0, 0.1) is 0 Å². The van der Waals surface area contributed by atoms with E-state index in [1.54, 1.807) is 31.4 Å². The summed E-state index contributed by atoms with van der Waals surface area (Å²) >= 11 is 16.9. The molecule has 0 spiro atoms. The highest BCUT2D eigenvalue weighted by molar-refractivity contribution is 7.80. The second kappa shape index (κ2) is 6.98. The van der Waals surface area contributed by atoms with E-state index in [-0.39, 0.29) is 4.99 Å². The van der Waals surface area contributed by atoms with Crippen molar-refractivity contribution in [3.8, 4) is 11.5 Å². The molecule has 0 aromatic heterocycles. The van der Waals surface area contributed by atoms with Crippen molar-refractivity contribution in [2.75, 3.05) is 7.11 Å².